The summed E-state index contributed by atoms with van der Waals surface area (Å²) >= 11 is 0. The van der Waals surface area contributed by atoms with Crippen molar-refractivity contribution in [1.82, 2.24) is 10.2 Å². The number of carbonyl (C=O) groups excluding carboxylic acids is 1. The van der Waals surface area contributed by atoms with Gasteiger partial charge in [-0.1, -0.05) is 31.2 Å². The molecule has 86 valence electrons. The van der Waals surface area contributed by atoms with Crippen molar-refractivity contribution in [3.8, 4) is 0 Å². The molecule has 1 aromatic carbocycles. The van der Waals surface area contributed by atoms with Crippen LogP contribution in [0.15, 0.2) is 24.3 Å². The van der Waals surface area contributed by atoms with Gasteiger partial charge in [0.25, 0.3) is 0 Å². The highest BCUT2D eigenvalue weighted by Gasteiger charge is 2.19. The molecule has 3 heteroatoms. The Morgan fingerprint density at radius 1 is 1.38 bits per heavy atom. The summed E-state index contributed by atoms with van der Waals surface area (Å²) in [5, 5.41) is 2.92. The summed E-state index contributed by atoms with van der Waals surface area (Å²) in [5.41, 5.74) is 2.66. The third-order valence-corrected chi connectivity index (χ3v) is 2.94. The smallest absolute Gasteiger partial charge is 0.317 e. The Bertz CT molecular complexity index is 376. The number of hydrogen-bond donors (Lipinski definition) is 1. The zero-order valence-corrected chi connectivity index (χ0v) is 9.70. The summed E-state index contributed by atoms with van der Waals surface area (Å²) in [7, 11) is 0. The molecular formula is C13H18N2O. The summed E-state index contributed by atoms with van der Waals surface area (Å²) in [4.78, 5) is 13.7. The van der Waals surface area contributed by atoms with Crippen molar-refractivity contribution in [1.29, 1.82) is 0 Å². The molecule has 1 aliphatic rings. The molecule has 0 bridgehead atoms. The Morgan fingerprint density at radius 2 is 2.12 bits per heavy atom. The molecule has 1 aliphatic heterocycles. The normalized spacial score (nSPS) is 14.4. The minimum atomic E-state index is 0.0661. The second-order valence-electron chi connectivity index (χ2n) is 4.17. The Kier molecular flexibility index (Phi) is 3.44. The summed E-state index contributed by atoms with van der Waals surface area (Å²) in [6.45, 7) is 4.39. The second-order valence-corrected chi connectivity index (χ2v) is 4.17. The largest absolute Gasteiger partial charge is 0.338 e. The van der Waals surface area contributed by atoms with Crippen LogP contribution in [-0.2, 0) is 13.0 Å². The van der Waals surface area contributed by atoms with Crippen molar-refractivity contribution in [3.05, 3.63) is 35.4 Å². The average molecular weight is 217 g/mol. The van der Waals surface area contributed by atoms with Gasteiger partial charge in [0, 0.05) is 19.6 Å². The maximum absolute atomic E-state index is 11.8. The standard InChI is InChI=1S/C13H18N2O/c1-2-8-14-13(16)15-9-7-11-5-3-4-6-12(11)10-15/h3-6H,2,7-10H2,1H3,(H,14,16)/i13-1. The van der Waals surface area contributed by atoms with E-state index in [2.05, 4.69) is 30.4 Å². The van der Waals surface area contributed by atoms with Gasteiger partial charge in [-0.15, -0.1) is 0 Å². The number of nitrogens with zero attached hydrogens (tertiary/aromatic N) is 1. The number of hydrogen-bond acceptors (Lipinski definition) is 1. The van der Waals surface area contributed by atoms with Crippen molar-refractivity contribution >= 4 is 6.03 Å². The SMILES string of the molecule is CCCN[11C](=O)N1CCc2ccccc2C1. The van der Waals surface area contributed by atoms with Gasteiger partial charge < -0.3 is 10.2 Å². The molecule has 0 aliphatic carbocycles. The first kappa shape index (κ1) is 11.0. The molecule has 0 spiro atoms. The molecule has 1 aromatic rings. The van der Waals surface area contributed by atoms with Crippen LogP contribution in [0.3, 0.4) is 0 Å². The molecule has 2 rings (SSSR count). The van der Waals surface area contributed by atoms with Crippen molar-refractivity contribution in [2.75, 3.05) is 13.1 Å². The first-order valence-electron chi connectivity index (χ1n) is 5.91. The number of fused-ring (bicyclic) bond motifs is 1. The minimum absolute atomic E-state index is 0.0661. The van der Waals surface area contributed by atoms with Crippen LogP contribution in [-0.4, -0.2) is 24.0 Å². The van der Waals surface area contributed by atoms with Gasteiger partial charge in [-0.3, -0.25) is 0 Å². The van der Waals surface area contributed by atoms with Gasteiger partial charge in [0.2, 0.25) is 0 Å². The van der Waals surface area contributed by atoms with E-state index in [1.807, 2.05) is 11.0 Å². The maximum atomic E-state index is 11.8. The van der Waals surface area contributed by atoms with Crippen LogP contribution in [0.5, 0.6) is 0 Å². The van der Waals surface area contributed by atoms with Crippen LogP contribution in [0.25, 0.3) is 0 Å². The number of benzene rings is 1. The number of rotatable bonds is 2. The summed E-state index contributed by atoms with van der Waals surface area (Å²) in [6.07, 6.45) is 1.95. The first-order chi connectivity index (χ1) is 7.81. The molecule has 1 N–H and O–H groups in total. The van der Waals surface area contributed by atoms with E-state index in [9.17, 15) is 4.79 Å². The van der Waals surface area contributed by atoms with Crippen LogP contribution in [0.2, 0.25) is 0 Å². The van der Waals surface area contributed by atoms with Crippen LogP contribution in [0.1, 0.15) is 24.5 Å². The highest BCUT2D eigenvalue weighted by Crippen LogP contribution is 2.18. The molecule has 0 unspecified atom stereocenters. The Balaban J connectivity index is 1.99. The van der Waals surface area contributed by atoms with Gasteiger partial charge >= 0.3 is 6.03 Å². The second kappa shape index (κ2) is 5.01. The quantitative estimate of drug-likeness (QED) is 0.809. The van der Waals surface area contributed by atoms with Crippen molar-refractivity contribution in [3.63, 3.8) is 0 Å². The Hall–Kier alpha value is -1.51. The number of nitrogens with one attached hydrogen (secondary N) is 1. The number of carbonyl (C=O) groups is 1. The molecule has 0 aromatic heterocycles. The predicted octanol–water partition coefficient (Wildman–Crippen LogP) is 2.16. The van der Waals surface area contributed by atoms with Gasteiger partial charge in [0.1, 0.15) is 0 Å². The van der Waals surface area contributed by atoms with Crippen LogP contribution >= 0.6 is 0 Å². The molecule has 0 saturated carbocycles. The third kappa shape index (κ3) is 2.35. The van der Waals surface area contributed by atoms with E-state index in [0.717, 1.165) is 32.5 Å². The monoisotopic (exact) mass is 217 g/mol. The minimum Gasteiger partial charge on any atom is -0.338 e. The summed E-state index contributed by atoms with van der Waals surface area (Å²) in [6, 6.07) is 8.42. The fourth-order valence-electron chi connectivity index (χ4n) is 2.01. The van der Waals surface area contributed by atoms with Gasteiger partial charge in [-0.25, -0.2) is 4.79 Å². The molecular weight excluding hydrogens is 199 g/mol. The predicted molar refractivity (Wildman–Crippen MR) is 64.2 cm³/mol. The first-order valence-corrected chi connectivity index (χ1v) is 5.91. The maximum Gasteiger partial charge on any atom is 0.317 e. The van der Waals surface area contributed by atoms with Gasteiger partial charge in [0.15, 0.2) is 0 Å². The molecule has 0 radical (unpaired) electrons. The lowest BCUT2D eigenvalue weighted by molar-refractivity contribution is 0.192. The van der Waals surface area contributed by atoms with Gasteiger partial charge in [-0.2, -0.15) is 0 Å². The van der Waals surface area contributed by atoms with E-state index in [-0.39, 0.29) is 6.03 Å². The molecule has 3 nitrogen and oxygen atoms in total. The Labute approximate surface area is 96.5 Å². The number of amides is 2. The van der Waals surface area contributed by atoms with E-state index < -0.39 is 0 Å². The molecule has 0 atom stereocenters. The Morgan fingerprint density at radius 3 is 2.88 bits per heavy atom. The van der Waals surface area contributed by atoms with Gasteiger partial charge in [0.05, 0.1) is 0 Å². The zero-order valence-electron chi connectivity index (χ0n) is 9.70. The van der Waals surface area contributed by atoms with Crippen LogP contribution < -0.4 is 5.32 Å². The highest BCUT2D eigenvalue weighted by atomic mass is 16.1. The van der Waals surface area contributed by atoms with Crippen LogP contribution in [0, 0.1) is 0 Å². The molecule has 2 amide bonds. The molecule has 0 fully saturated rings. The van der Waals surface area contributed by atoms with Crippen molar-refractivity contribution in [2.45, 2.75) is 26.3 Å². The van der Waals surface area contributed by atoms with Crippen LogP contribution in [0.4, 0.5) is 4.79 Å². The summed E-state index contributed by atoms with van der Waals surface area (Å²) < 4.78 is 0. The van der Waals surface area contributed by atoms with E-state index in [4.69, 9.17) is 0 Å². The fraction of sp³-hybridized carbons (Fsp3) is 0.462. The lowest BCUT2D eigenvalue weighted by Gasteiger charge is -2.28. The zero-order chi connectivity index (χ0) is 11.4. The lowest BCUT2D eigenvalue weighted by atomic mass is 9.96. The third-order valence-electron chi connectivity index (χ3n) is 2.94. The summed E-state index contributed by atoms with van der Waals surface area (Å²) in [5.74, 6) is 0. The fourth-order valence-corrected chi connectivity index (χ4v) is 2.01. The topological polar surface area (TPSA) is 32.3 Å². The van der Waals surface area contributed by atoms with Gasteiger partial charge in [-0.05, 0) is 24.0 Å². The molecule has 1 heterocycles. The van der Waals surface area contributed by atoms with Crippen molar-refractivity contribution < 1.29 is 4.79 Å². The molecule has 16 heavy (non-hydrogen) atoms. The lowest BCUT2D eigenvalue weighted by Crippen LogP contribution is -2.42. The number of urea groups is 1. The van der Waals surface area contributed by atoms with E-state index in [1.165, 1.54) is 11.1 Å². The average Bonchev–Trinajstić information content (AvgIpc) is 2.35. The molecule has 0 saturated heterocycles. The van der Waals surface area contributed by atoms with E-state index >= 15 is 0 Å². The van der Waals surface area contributed by atoms with Crippen molar-refractivity contribution in [2.24, 2.45) is 0 Å². The van der Waals surface area contributed by atoms with E-state index in [1.54, 1.807) is 0 Å². The highest BCUT2D eigenvalue weighted by molar-refractivity contribution is 5.74. The van der Waals surface area contributed by atoms with E-state index in [0.29, 0.717) is 0 Å².